The third-order valence-electron chi connectivity index (χ3n) is 2.21. The van der Waals surface area contributed by atoms with Crippen molar-refractivity contribution in [2.24, 2.45) is 12.8 Å². The minimum Gasteiger partial charge on any atom is -0.356 e. The third-order valence-corrected chi connectivity index (χ3v) is 2.21. The van der Waals surface area contributed by atoms with Crippen molar-refractivity contribution in [3.05, 3.63) is 18.2 Å². The fourth-order valence-electron chi connectivity index (χ4n) is 1.43. The lowest BCUT2D eigenvalue weighted by molar-refractivity contribution is -0.121. The van der Waals surface area contributed by atoms with Crippen LogP contribution >= 0.6 is 0 Å². The lowest BCUT2D eigenvalue weighted by Gasteiger charge is -2.17. The normalized spacial score (nSPS) is 11.5. The Balaban J connectivity index is 2.26. The minimum atomic E-state index is -0.451. The van der Waals surface area contributed by atoms with E-state index in [2.05, 4.69) is 10.3 Å². The maximum Gasteiger partial charge on any atom is 0.221 e. The molecule has 0 saturated carbocycles. The molecule has 0 aliphatic heterocycles. The number of nitrogens with two attached hydrogens (primary N) is 1. The Kier molecular flexibility index (Phi) is 4.06. The Morgan fingerprint density at radius 1 is 1.62 bits per heavy atom. The van der Waals surface area contributed by atoms with E-state index in [0.717, 1.165) is 12.2 Å². The van der Waals surface area contributed by atoms with Gasteiger partial charge in [-0.15, -0.1) is 0 Å². The fraction of sp³-hybridized carbons (Fsp3) is 0.636. The Morgan fingerprint density at radius 2 is 2.31 bits per heavy atom. The molecule has 0 aliphatic carbocycles. The predicted octanol–water partition coefficient (Wildman–Crippen LogP) is 0.206. The molecule has 0 aliphatic rings. The third kappa shape index (κ3) is 4.44. The summed E-state index contributed by atoms with van der Waals surface area (Å²) in [5.74, 6) is 0.953. The molecule has 0 bridgehead atoms. The molecule has 0 radical (unpaired) electrons. The van der Waals surface area contributed by atoms with Crippen molar-refractivity contribution < 1.29 is 4.79 Å². The average molecular weight is 224 g/mol. The fourth-order valence-corrected chi connectivity index (χ4v) is 1.43. The molecular formula is C11H20N4O. The van der Waals surface area contributed by atoms with Crippen LogP contribution in [0.1, 0.15) is 26.1 Å². The van der Waals surface area contributed by atoms with Crippen molar-refractivity contribution in [2.45, 2.75) is 32.2 Å². The van der Waals surface area contributed by atoms with Crippen LogP contribution in [0.4, 0.5) is 0 Å². The highest BCUT2D eigenvalue weighted by Crippen LogP contribution is 2.02. The van der Waals surface area contributed by atoms with E-state index in [0.29, 0.717) is 13.0 Å². The van der Waals surface area contributed by atoms with Crippen LogP contribution in [-0.4, -0.2) is 27.5 Å². The number of carbonyl (C=O) groups is 1. The smallest absolute Gasteiger partial charge is 0.221 e. The Bertz CT molecular complexity index is 351. The molecule has 0 unspecified atom stereocenters. The van der Waals surface area contributed by atoms with Gasteiger partial charge >= 0.3 is 0 Å². The molecule has 0 saturated heterocycles. The highest BCUT2D eigenvalue weighted by atomic mass is 16.1. The van der Waals surface area contributed by atoms with E-state index in [1.807, 2.05) is 31.7 Å². The highest BCUT2D eigenvalue weighted by molar-refractivity contribution is 5.77. The number of aryl methyl sites for hydroxylation is 1. The molecule has 0 atom stereocenters. The van der Waals surface area contributed by atoms with Crippen molar-refractivity contribution in [1.82, 2.24) is 14.9 Å². The van der Waals surface area contributed by atoms with Crippen LogP contribution in [0.25, 0.3) is 0 Å². The summed E-state index contributed by atoms with van der Waals surface area (Å²) in [6, 6.07) is 0. The molecule has 1 rings (SSSR count). The van der Waals surface area contributed by atoms with E-state index in [1.165, 1.54) is 0 Å². The molecule has 90 valence electrons. The van der Waals surface area contributed by atoms with Crippen molar-refractivity contribution in [3.63, 3.8) is 0 Å². The van der Waals surface area contributed by atoms with E-state index < -0.39 is 5.54 Å². The Labute approximate surface area is 96.0 Å². The quantitative estimate of drug-likeness (QED) is 0.750. The maximum atomic E-state index is 11.5. The molecule has 3 N–H and O–H groups in total. The van der Waals surface area contributed by atoms with Gasteiger partial charge in [0.15, 0.2) is 0 Å². The van der Waals surface area contributed by atoms with Gasteiger partial charge in [0.1, 0.15) is 5.82 Å². The summed E-state index contributed by atoms with van der Waals surface area (Å²) in [7, 11) is 1.94. The predicted molar refractivity (Wildman–Crippen MR) is 62.8 cm³/mol. The van der Waals surface area contributed by atoms with Crippen molar-refractivity contribution in [2.75, 3.05) is 6.54 Å². The number of hydrogen-bond acceptors (Lipinski definition) is 3. The van der Waals surface area contributed by atoms with Crippen LogP contribution < -0.4 is 11.1 Å². The van der Waals surface area contributed by atoms with E-state index >= 15 is 0 Å². The van der Waals surface area contributed by atoms with E-state index in [9.17, 15) is 4.79 Å². The summed E-state index contributed by atoms with van der Waals surface area (Å²) < 4.78 is 1.94. The first kappa shape index (κ1) is 12.7. The summed E-state index contributed by atoms with van der Waals surface area (Å²) >= 11 is 0. The molecule has 5 heteroatoms. The second kappa shape index (κ2) is 5.12. The lowest BCUT2D eigenvalue weighted by atomic mass is 10.0. The zero-order chi connectivity index (χ0) is 12.2. The zero-order valence-electron chi connectivity index (χ0n) is 10.2. The molecule has 1 aromatic heterocycles. The van der Waals surface area contributed by atoms with Crippen LogP contribution in [0.5, 0.6) is 0 Å². The first-order valence-corrected chi connectivity index (χ1v) is 5.40. The van der Waals surface area contributed by atoms with Gasteiger partial charge in [0.2, 0.25) is 5.91 Å². The molecule has 0 fully saturated rings. The molecule has 1 aromatic rings. The molecule has 16 heavy (non-hydrogen) atoms. The van der Waals surface area contributed by atoms with Gasteiger partial charge < -0.3 is 15.6 Å². The van der Waals surface area contributed by atoms with E-state index in [-0.39, 0.29) is 5.91 Å². The molecule has 1 amide bonds. The summed E-state index contributed by atoms with van der Waals surface area (Å²) in [5.41, 5.74) is 5.30. The lowest BCUT2D eigenvalue weighted by Crippen LogP contribution is -2.39. The van der Waals surface area contributed by atoms with Gasteiger partial charge in [-0.2, -0.15) is 0 Å². The average Bonchev–Trinajstić information content (AvgIpc) is 2.48. The number of rotatable bonds is 5. The number of imidazole rings is 1. The number of nitrogens with zero attached hydrogens (tertiary/aromatic N) is 2. The van der Waals surface area contributed by atoms with Crippen molar-refractivity contribution in [1.29, 1.82) is 0 Å². The summed E-state index contributed by atoms with van der Waals surface area (Å²) in [6.07, 6.45) is 4.72. The van der Waals surface area contributed by atoms with Crippen LogP contribution in [0.2, 0.25) is 0 Å². The van der Waals surface area contributed by atoms with Crippen molar-refractivity contribution >= 4 is 5.91 Å². The van der Waals surface area contributed by atoms with Crippen LogP contribution in [0.3, 0.4) is 0 Å². The van der Waals surface area contributed by atoms with Gasteiger partial charge in [-0.3, -0.25) is 4.79 Å². The number of nitrogens with one attached hydrogen (secondary N) is 1. The standard InChI is InChI=1S/C11H20N4O/c1-11(2,12)8-10(16)14-5-4-9-13-6-7-15(9)3/h6-7H,4-5,8,12H2,1-3H3,(H,14,16). The molecular weight excluding hydrogens is 204 g/mol. The SMILES string of the molecule is Cn1ccnc1CCNC(=O)CC(C)(C)N. The van der Waals surface area contributed by atoms with Gasteiger partial charge in [-0.25, -0.2) is 4.98 Å². The number of carbonyl (C=O) groups excluding carboxylic acids is 1. The first-order valence-electron chi connectivity index (χ1n) is 5.40. The molecule has 0 aromatic carbocycles. The van der Waals surface area contributed by atoms with Gasteiger partial charge in [0.25, 0.3) is 0 Å². The van der Waals surface area contributed by atoms with Crippen LogP contribution in [-0.2, 0) is 18.3 Å². The number of hydrogen-bond donors (Lipinski definition) is 2. The topological polar surface area (TPSA) is 72.9 Å². The van der Waals surface area contributed by atoms with Gasteiger partial charge in [0.05, 0.1) is 0 Å². The molecule has 1 heterocycles. The Morgan fingerprint density at radius 3 is 2.81 bits per heavy atom. The summed E-state index contributed by atoms with van der Waals surface area (Å²) in [5, 5.41) is 2.83. The summed E-state index contributed by atoms with van der Waals surface area (Å²) in [4.78, 5) is 15.6. The van der Waals surface area contributed by atoms with E-state index in [1.54, 1.807) is 6.20 Å². The van der Waals surface area contributed by atoms with Gasteiger partial charge in [-0.05, 0) is 13.8 Å². The maximum absolute atomic E-state index is 11.5. The summed E-state index contributed by atoms with van der Waals surface area (Å²) in [6.45, 7) is 4.27. The number of amides is 1. The number of aromatic nitrogens is 2. The van der Waals surface area contributed by atoms with Crippen LogP contribution in [0.15, 0.2) is 12.4 Å². The molecule has 0 spiro atoms. The largest absolute Gasteiger partial charge is 0.356 e. The Hall–Kier alpha value is -1.36. The monoisotopic (exact) mass is 224 g/mol. The molecule has 5 nitrogen and oxygen atoms in total. The van der Waals surface area contributed by atoms with Gasteiger partial charge in [0, 0.05) is 44.4 Å². The first-order chi connectivity index (χ1) is 7.38. The van der Waals surface area contributed by atoms with Crippen LogP contribution in [0, 0.1) is 0 Å². The zero-order valence-corrected chi connectivity index (χ0v) is 10.2. The minimum absolute atomic E-state index is 0.0123. The van der Waals surface area contributed by atoms with Crippen molar-refractivity contribution in [3.8, 4) is 0 Å². The second-order valence-electron chi connectivity index (χ2n) is 4.72. The van der Waals surface area contributed by atoms with Gasteiger partial charge in [-0.1, -0.05) is 0 Å². The van der Waals surface area contributed by atoms with E-state index in [4.69, 9.17) is 5.73 Å². The second-order valence-corrected chi connectivity index (χ2v) is 4.72. The highest BCUT2D eigenvalue weighted by Gasteiger charge is 2.15.